The molecule has 52 heavy (non-hydrogen) atoms. The fourth-order valence-electron chi connectivity index (χ4n) is 9.62. The summed E-state index contributed by atoms with van der Waals surface area (Å²) in [6.45, 7) is 15.0. The van der Waals surface area contributed by atoms with Crippen molar-refractivity contribution in [3.05, 3.63) is 12.7 Å². The molecule has 10 nitrogen and oxygen atoms in total. The van der Waals surface area contributed by atoms with Crippen molar-refractivity contribution in [1.82, 2.24) is 9.80 Å². The highest BCUT2D eigenvalue weighted by Gasteiger charge is 2.69. The summed E-state index contributed by atoms with van der Waals surface area (Å²) in [5.74, 6) is -3.75. The minimum Gasteiger partial charge on any atom is -0.381 e. The Bertz CT molecular complexity index is 1400. The van der Waals surface area contributed by atoms with E-state index >= 15 is 0 Å². The van der Waals surface area contributed by atoms with Gasteiger partial charge >= 0.3 is 0 Å². The Balaban J connectivity index is 1.34. The molecule has 2 bridgehead atoms. The van der Waals surface area contributed by atoms with E-state index < -0.39 is 29.4 Å². The van der Waals surface area contributed by atoms with Crippen LogP contribution in [0.4, 0.5) is 0 Å². The quantitative estimate of drug-likeness (QED) is 0.146. The molecule has 3 heterocycles. The standard InChI is InChI=1S/C42H62N2O8/c1-7-8-15-33(46)37(48)26-14-12-10-9-11-13-18-52-25-29(40(51)43-24-32-35(42(32,5)6)36(43)34(47)21-26)20-31(45)22-30(41(2,3)4)23-44-38(49)27-16-17-28(19-27)39(44)50/h7,26-30,32,35-36H,1,8-25H2,2-6H3/t26-,27?,28?,29+,30-,32+,35+,36-/m1/s1. The first-order chi connectivity index (χ1) is 24.6. The predicted octanol–water partition coefficient (Wildman–Crippen LogP) is 5.93. The number of allylic oxidation sites excluding steroid dienone is 1. The number of ketones is 4. The number of Topliss-reactive ketones (excluding diaryl/α,β-unsaturated/α-hetero) is 4. The number of ether oxygens (including phenoxy) is 1. The smallest absolute Gasteiger partial charge is 0.232 e. The Morgan fingerprint density at radius 1 is 0.942 bits per heavy atom. The number of piperidine rings is 2. The van der Waals surface area contributed by atoms with Gasteiger partial charge in [-0.3, -0.25) is 38.5 Å². The molecule has 3 amide bonds. The van der Waals surface area contributed by atoms with Crippen molar-refractivity contribution < 1.29 is 38.3 Å². The second-order valence-corrected chi connectivity index (χ2v) is 18.2. The summed E-state index contributed by atoms with van der Waals surface area (Å²) in [6.07, 6.45) is 8.88. The van der Waals surface area contributed by atoms with Gasteiger partial charge in [-0.2, -0.15) is 0 Å². The van der Waals surface area contributed by atoms with Crippen molar-refractivity contribution >= 4 is 40.9 Å². The van der Waals surface area contributed by atoms with Crippen molar-refractivity contribution in [3.8, 4) is 0 Å². The first-order valence-electron chi connectivity index (χ1n) is 20.0. The second-order valence-electron chi connectivity index (χ2n) is 18.2. The van der Waals surface area contributed by atoms with Crippen LogP contribution in [-0.4, -0.2) is 83.0 Å². The topological polar surface area (TPSA) is 135 Å². The molecule has 10 heteroatoms. The van der Waals surface area contributed by atoms with Crippen LogP contribution < -0.4 is 0 Å². The predicted molar refractivity (Wildman–Crippen MR) is 196 cm³/mol. The van der Waals surface area contributed by atoms with E-state index in [1.807, 2.05) is 20.8 Å². The van der Waals surface area contributed by atoms with Gasteiger partial charge in [0.2, 0.25) is 23.5 Å². The van der Waals surface area contributed by atoms with E-state index in [-0.39, 0.29) is 109 Å². The zero-order valence-corrected chi connectivity index (χ0v) is 32.3. The lowest BCUT2D eigenvalue weighted by molar-refractivity contribution is -0.154. The van der Waals surface area contributed by atoms with Gasteiger partial charge in [0.25, 0.3) is 0 Å². The molecular weight excluding hydrogens is 660 g/mol. The molecule has 3 aliphatic heterocycles. The average molecular weight is 723 g/mol. The summed E-state index contributed by atoms with van der Waals surface area (Å²) in [7, 11) is 0. The fourth-order valence-corrected chi connectivity index (χ4v) is 9.62. The minimum absolute atomic E-state index is 0.0486. The number of carbonyl (C=O) groups excluding carboxylic acids is 7. The summed E-state index contributed by atoms with van der Waals surface area (Å²) >= 11 is 0. The summed E-state index contributed by atoms with van der Waals surface area (Å²) < 4.78 is 6.06. The molecule has 0 spiro atoms. The molecular formula is C42H62N2O8. The number of amides is 3. The van der Waals surface area contributed by atoms with Crippen molar-refractivity contribution in [2.45, 2.75) is 131 Å². The van der Waals surface area contributed by atoms with E-state index in [1.165, 1.54) is 4.90 Å². The second kappa shape index (κ2) is 16.6. The minimum atomic E-state index is -0.788. The highest BCUT2D eigenvalue weighted by molar-refractivity contribution is 6.38. The third-order valence-corrected chi connectivity index (χ3v) is 13.2. The molecule has 2 unspecified atom stereocenters. The number of fused-ring (bicyclic) bond motifs is 5. The first kappa shape index (κ1) is 40.2. The van der Waals surface area contributed by atoms with Crippen molar-refractivity contribution in [3.63, 3.8) is 0 Å². The van der Waals surface area contributed by atoms with Gasteiger partial charge in [0.1, 0.15) is 5.78 Å². The number of imide groups is 1. The van der Waals surface area contributed by atoms with Crippen LogP contribution in [0.3, 0.4) is 0 Å². The monoisotopic (exact) mass is 722 g/mol. The molecule has 2 aliphatic carbocycles. The van der Waals surface area contributed by atoms with Gasteiger partial charge in [-0.15, -0.1) is 6.58 Å². The Morgan fingerprint density at radius 2 is 1.60 bits per heavy atom. The molecule has 5 aliphatic rings. The lowest BCUT2D eigenvalue weighted by Gasteiger charge is -2.37. The molecule has 5 rings (SSSR count). The van der Waals surface area contributed by atoms with E-state index in [2.05, 4.69) is 20.4 Å². The fraction of sp³-hybridized carbons (Fsp3) is 0.786. The normalized spacial score (nSPS) is 31.9. The lowest BCUT2D eigenvalue weighted by Crippen LogP contribution is -2.50. The Hall–Kier alpha value is -3.01. The molecule has 0 aromatic rings. The molecule has 3 saturated heterocycles. The molecule has 8 atom stereocenters. The molecule has 5 fully saturated rings. The van der Waals surface area contributed by atoms with Gasteiger partial charge in [-0.1, -0.05) is 66.4 Å². The van der Waals surface area contributed by atoms with Crippen molar-refractivity contribution in [2.24, 2.45) is 52.3 Å². The van der Waals surface area contributed by atoms with E-state index in [0.717, 1.165) is 44.9 Å². The van der Waals surface area contributed by atoms with Gasteiger partial charge in [-0.05, 0) is 67.1 Å². The third-order valence-electron chi connectivity index (χ3n) is 13.2. The first-order valence-corrected chi connectivity index (χ1v) is 20.0. The zero-order chi connectivity index (χ0) is 38.0. The van der Waals surface area contributed by atoms with Crippen LogP contribution in [0.2, 0.25) is 0 Å². The van der Waals surface area contributed by atoms with Crippen LogP contribution >= 0.6 is 0 Å². The number of rotatable bonds is 11. The van der Waals surface area contributed by atoms with Gasteiger partial charge < -0.3 is 9.64 Å². The van der Waals surface area contributed by atoms with E-state index in [0.29, 0.717) is 32.4 Å². The number of hydrogen-bond acceptors (Lipinski definition) is 8. The Labute approximate surface area is 310 Å². The highest BCUT2D eigenvalue weighted by Crippen LogP contribution is 2.65. The molecule has 0 N–H and O–H groups in total. The lowest BCUT2D eigenvalue weighted by atomic mass is 9.76. The van der Waals surface area contributed by atoms with Gasteiger partial charge in [-0.25, -0.2) is 0 Å². The molecule has 0 radical (unpaired) electrons. The van der Waals surface area contributed by atoms with Gasteiger partial charge in [0, 0.05) is 63.1 Å². The van der Waals surface area contributed by atoms with Gasteiger partial charge in [0.15, 0.2) is 11.6 Å². The molecule has 0 aromatic heterocycles. The van der Waals surface area contributed by atoms with E-state index in [1.54, 1.807) is 11.0 Å². The van der Waals surface area contributed by atoms with Crippen LogP contribution in [0.15, 0.2) is 12.7 Å². The molecule has 0 aromatic carbocycles. The molecule has 288 valence electrons. The maximum Gasteiger partial charge on any atom is 0.232 e. The summed E-state index contributed by atoms with van der Waals surface area (Å²) in [6, 6.07) is -0.717. The van der Waals surface area contributed by atoms with Crippen LogP contribution in [-0.2, 0) is 38.3 Å². The largest absolute Gasteiger partial charge is 0.381 e. The zero-order valence-electron chi connectivity index (χ0n) is 32.3. The SMILES string of the molecule is C=CCCC(=O)C(=O)[C@@H]1CCCCCCCOC[C@H](CC(=O)C[C@H](CN2C(=O)C3CCC(C3)C2=O)C(C)(C)C)C(=O)N2C[C@H]3[C@@H]([C@H]2C(=O)C1)C3(C)C. The van der Waals surface area contributed by atoms with Crippen molar-refractivity contribution in [1.29, 1.82) is 0 Å². The number of carbonyl (C=O) groups is 7. The van der Waals surface area contributed by atoms with E-state index in [9.17, 15) is 33.6 Å². The number of likely N-dealkylation sites (tertiary alicyclic amines) is 1. The van der Waals surface area contributed by atoms with Crippen LogP contribution in [0.25, 0.3) is 0 Å². The number of hydrogen-bond donors (Lipinski definition) is 0. The van der Waals surface area contributed by atoms with Crippen LogP contribution in [0.1, 0.15) is 125 Å². The van der Waals surface area contributed by atoms with Crippen LogP contribution in [0.5, 0.6) is 0 Å². The third kappa shape index (κ3) is 8.85. The highest BCUT2D eigenvalue weighted by atomic mass is 16.5. The Morgan fingerprint density at radius 3 is 2.25 bits per heavy atom. The van der Waals surface area contributed by atoms with E-state index in [4.69, 9.17) is 4.74 Å². The maximum atomic E-state index is 14.5. The van der Waals surface area contributed by atoms with Gasteiger partial charge in [0.05, 0.1) is 18.6 Å². The van der Waals surface area contributed by atoms with Crippen LogP contribution in [0, 0.1) is 52.3 Å². The summed E-state index contributed by atoms with van der Waals surface area (Å²) in [5.41, 5.74) is -0.518. The van der Waals surface area contributed by atoms with Crippen molar-refractivity contribution in [2.75, 3.05) is 26.3 Å². The maximum absolute atomic E-state index is 14.5. The number of nitrogens with zero attached hydrogens (tertiary/aromatic N) is 2. The summed E-state index contributed by atoms with van der Waals surface area (Å²) in [5, 5.41) is 0. The average Bonchev–Trinajstić information content (AvgIpc) is 3.46. The molecule has 2 saturated carbocycles. The Kier molecular flexibility index (Phi) is 12.8. The summed E-state index contributed by atoms with van der Waals surface area (Å²) in [4.78, 5) is 98.4.